The molecule has 0 atom stereocenters. The lowest BCUT2D eigenvalue weighted by Gasteiger charge is -2.10. The maximum Gasteiger partial charge on any atom is 0.329 e. The molecule has 3 aromatic rings. The summed E-state index contributed by atoms with van der Waals surface area (Å²) in [6, 6.07) is 14.8. The Bertz CT molecular complexity index is 1170. The van der Waals surface area contributed by atoms with Gasteiger partial charge in [-0.1, -0.05) is 23.7 Å². The summed E-state index contributed by atoms with van der Waals surface area (Å²) in [6.07, 6.45) is 1.51. The van der Waals surface area contributed by atoms with Crippen LogP contribution in [-0.4, -0.2) is 29.7 Å². The third-order valence-electron chi connectivity index (χ3n) is 4.72. The molecule has 2 N–H and O–H groups in total. The lowest BCUT2D eigenvalue weighted by atomic mass is 10.2. The third-order valence-corrected chi connectivity index (χ3v) is 4.95. The van der Waals surface area contributed by atoms with Crippen molar-refractivity contribution in [3.63, 3.8) is 0 Å². The second-order valence-electron chi connectivity index (χ2n) is 7.00. The van der Waals surface area contributed by atoms with Gasteiger partial charge in [0.2, 0.25) is 0 Å². The molecule has 2 amide bonds. The summed E-state index contributed by atoms with van der Waals surface area (Å²) < 4.78 is 7.26. The number of methoxy groups -OCH3 is 1. The van der Waals surface area contributed by atoms with E-state index in [9.17, 15) is 9.59 Å². The Morgan fingerprint density at radius 3 is 2.55 bits per heavy atom. The molecular weight excluding hydrogens is 416 g/mol. The van der Waals surface area contributed by atoms with Crippen LogP contribution in [-0.2, 0) is 9.59 Å². The molecule has 31 heavy (non-hydrogen) atoms. The van der Waals surface area contributed by atoms with Gasteiger partial charge in [-0.05, 0) is 62.7 Å². The fourth-order valence-electron chi connectivity index (χ4n) is 3.25. The molecule has 2 aromatic carbocycles. The minimum Gasteiger partial charge on any atom is -0.495 e. The first kappa shape index (κ1) is 22.1. The first-order valence-electron chi connectivity index (χ1n) is 9.54. The van der Waals surface area contributed by atoms with Crippen LogP contribution < -0.4 is 15.5 Å². The maximum absolute atomic E-state index is 12.2. The third kappa shape index (κ3) is 5.13. The van der Waals surface area contributed by atoms with Crippen LogP contribution in [0.15, 0.2) is 53.6 Å². The van der Waals surface area contributed by atoms with Crippen LogP contribution in [0.3, 0.4) is 0 Å². The summed E-state index contributed by atoms with van der Waals surface area (Å²) in [5, 5.41) is 6.80. The van der Waals surface area contributed by atoms with Crippen LogP contribution in [0.1, 0.15) is 22.5 Å². The van der Waals surface area contributed by atoms with Crippen LogP contribution in [0.25, 0.3) is 5.69 Å². The number of amides is 2. The number of nitrogens with zero attached hydrogens (tertiary/aromatic N) is 2. The number of anilines is 1. The van der Waals surface area contributed by atoms with Gasteiger partial charge in [0.05, 0.1) is 19.0 Å². The van der Waals surface area contributed by atoms with Gasteiger partial charge >= 0.3 is 11.8 Å². The first-order valence-corrected chi connectivity index (χ1v) is 9.92. The van der Waals surface area contributed by atoms with Gasteiger partial charge in [-0.2, -0.15) is 5.10 Å². The molecule has 1 aromatic heterocycles. The number of hydrogen-bond donors (Lipinski definition) is 2. The van der Waals surface area contributed by atoms with Gasteiger partial charge in [-0.15, -0.1) is 0 Å². The Hall–Kier alpha value is -3.58. The Morgan fingerprint density at radius 2 is 1.84 bits per heavy atom. The van der Waals surface area contributed by atoms with Gasteiger partial charge in [0, 0.05) is 27.7 Å². The van der Waals surface area contributed by atoms with E-state index < -0.39 is 11.8 Å². The van der Waals surface area contributed by atoms with Crippen molar-refractivity contribution in [1.82, 2.24) is 9.99 Å². The summed E-state index contributed by atoms with van der Waals surface area (Å²) in [6.45, 7) is 6.01. The number of rotatable bonds is 5. The molecule has 0 radical (unpaired) electrons. The zero-order valence-corrected chi connectivity index (χ0v) is 18.4. The SMILES string of the molecule is COc1ccc(Cl)cc1NC(=O)C(=O)N/N=C\c1cc(C)n(-c2cccc(C)c2)c1C. The number of carbonyl (C=O) groups excluding carboxylic acids is 2. The molecule has 0 spiro atoms. The summed E-state index contributed by atoms with van der Waals surface area (Å²) in [5.74, 6) is -1.41. The molecule has 7 nitrogen and oxygen atoms in total. The van der Waals surface area contributed by atoms with E-state index in [2.05, 4.69) is 26.5 Å². The highest BCUT2D eigenvalue weighted by Gasteiger charge is 2.16. The van der Waals surface area contributed by atoms with Crippen molar-refractivity contribution in [2.75, 3.05) is 12.4 Å². The number of benzene rings is 2. The molecule has 0 aliphatic rings. The van der Waals surface area contributed by atoms with Crippen molar-refractivity contribution in [1.29, 1.82) is 0 Å². The van der Waals surface area contributed by atoms with Gasteiger partial charge in [-0.3, -0.25) is 9.59 Å². The van der Waals surface area contributed by atoms with E-state index in [1.54, 1.807) is 12.1 Å². The van der Waals surface area contributed by atoms with E-state index in [1.807, 2.05) is 45.0 Å². The van der Waals surface area contributed by atoms with Crippen LogP contribution in [0.5, 0.6) is 5.75 Å². The number of halogens is 1. The van der Waals surface area contributed by atoms with Crippen LogP contribution >= 0.6 is 11.6 Å². The van der Waals surface area contributed by atoms with Crippen molar-refractivity contribution < 1.29 is 14.3 Å². The van der Waals surface area contributed by atoms with E-state index in [0.717, 1.165) is 28.2 Å². The minimum absolute atomic E-state index is 0.292. The molecule has 0 saturated heterocycles. The minimum atomic E-state index is -0.911. The number of carbonyl (C=O) groups is 2. The highest BCUT2D eigenvalue weighted by molar-refractivity contribution is 6.40. The molecule has 3 rings (SSSR count). The van der Waals surface area contributed by atoms with Gasteiger partial charge in [0.15, 0.2) is 0 Å². The van der Waals surface area contributed by atoms with Gasteiger partial charge in [0.25, 0.3) is 0 Å². The highest BCUT2D eigenvalue weighted by Crippen LogP contribution is 2.27. The van der Waals surface area contributed by atoms with E-state index >= 15 is 0 Å². The van der Waals surface area contributed by atoms with Gasteiger partial charge in [-0.25, -0.2) is 5.43 Å². The van der Waals surface area contributed by atoms with Crippen molar-refractivity contribution in [2.24, 2.45) is 5.10 Å². The fourth-order valence-corrected chi connectivity index (χ4v) is 3.42. The van der Waals surface area contributed by atoms with Crippen LogP contribution in [0.2, 0.25) is 5.02 Å². The van der Waals surface area contributed by atoms with E-state index in [0.29, 0.717) is 16.5 Å². The largest absolute Gasteiger partial charge is 0.495 e. The van der Waals surface area contributed by atoms with Gasteiger partial charge < -0.3 is 14.6 Å². The quantitative estimate of drug-likeness (QED) is 0.356. The normalized spacial score (nSPS) is 10.9. The van der Waals surface area contributed by atoms with E-state index in [4.69, 9.17) is 16.3 Å². The molecule has 0 bridgehead atoms. The Morgan fingerprint density at radius 1 is 1.06 bits per heavy atom. The number of hydrazone groups is 1. The molecule has 1 heterocycles. The fraction of sp³-hybridized carbons (Fsp3) is 0.174. The highest BCUT2D eigenvalue weighted by atomic mass is 35.5. The molecule has 0 unspecified atom stereocenters. The van der Waals surface area contributed by atoms with Crippen molar-refractivity contribution in [3.05, 3.63) is 76.1 Å². The Kier molecular flexibility index (Phi) is 6.77. The number of aryl methyl sites for hydroxylation is 2. The lowest BCUT2D eigenvalue weighted by Crippen LogP contribution is -2.32. The molecule has 0 fully saturated rings. The number of ether oxygens (including phenoxy) is 1. The molecule has 0 aliphatic carbocycles. The van der Waals surface area contributed by atoms with Crippen LogP contribution in [0, 0.1) is 20.8 Å². The number of aromatic nitrogens is 1. The smallest absolute Gasteiger partial charge is 0.329 e. The zero-order chi connectivity index (χ0) is 22.5. The van der Waals surface area contributed by atoms with Gasteiger partial charge in [0.1, 0.15) is 5.75 Å². The zero-order valence-electron chi connectivity index (χ0n) is 17.7. The topological polar surface area (TPSA) is 84.7 Å². The summed E-state index contributed by atoms with van der Waals surface area (Å²) >= 11 is 5.94. The summed E-state index contributed by atoms with van der Waals surface area (Å²) in [7, 11) is 1.45. The average molecular weight is 439 g/mol. The van der Waals surface area contributed by atoms with Crippen molar-refractivity contribution in [3.8, 4) is 11.4 Å². The number of nitrogens with one attached hydrogen (secondary N) is 2. The second-order valence-corrected chi connectivity index (χ2v) is 7.44. The Labute approximate surface area is 185 Å². The standard InChI is InChI=1S/C23H23ClN4O3/c1-14-6-5-7-19(10-14)28-15(2)11-17(16(28)3)13-25-27-23(30)22(29)26-20-12-18(24)8-9-21(20)31-4/h5-13H,1-4H3,(H,26,29)(H,27,30)/b25-13-. The summed E-state index contributed by atoms with van der Waals surface area (Å²) in [4.78, 5) is 24.3. The summed E-state index contributed by atoms with van der Waals surface area (Å²) in [5.41, 5.74) is 7.57. The molecular formula is C23H23ClN4O3. The number of hydrogen-bond acceptors (Lipinski definition) is 4. The lowest BCUT2D eigenvalue weighted by molar-refractivity contribution is -0.136. The Balaban J connectivity index is 1.69. The predicted octanol–water partition coefficient (Wildman–Crippen LogP) is 4.15. The average Bonchev–Trinajstić information content (AvgIpc) is 3.01. The van der Waals surface area contributed by atoms with E-state index in [-0.39, 0.29) is 0 Å². The monoisotopic (exact) mass is 438 g/mol. The van der Waals surface area contributed by atoms with Crippen molar-refractivity contribution in [2.45, 2.75) is 20.8 Å². The first-order chi connectivity index (χ1) is 14.8. The molecule has 0 aliphatic heterocycles. The van der Waals surface area contributed by atoms with E-state index in [1.165, 1.54) is 19.4 Å². The molecule has 160 valence electrons. The van der Waals surface area contributed by atoms with Crippen molar-refractivity contribution >= 4 is 35.3 Å². The predicted molar refractivity (Wildman–Crippen MR) is 122 cm³/mol. The maximum atomic E-state index is 12.2. The van der Waals surface area contributed by atoms with Crippen LogP contribution in [0.4, 0.5) is 5.69 Å². The second kappa shape index (κ2) is 9.49. The molecule has 8 heteroatoms. The molecule has 0 saturated carbocycles.